The molecule has 1 atom stereocenters. The number of nitrogens with zero attached hydrogens (tertiary/aromatic N) is 4. The lowest BCUT2D eigenvalue weighted by molar-refractivity contribution is 0.177. The number of aromatic nitrogens is 3. The average Bonchev–Trinajstić information content (AvgIpc) is 3.00. The molecule has 0 radical (unpaired) electrons. The molecule has 122 valence electrons. The van der Waals surface area contributed by atoms with Crippen LogP contribution in [0.2, 0.25) is 0 Å². The first-order chi connectivity index (χ1) is 11.1. The van der Waals surface area contributed by atoms with Crippen LogP contribution in [-0.2, 0) is 13.6 Å². The van der Waals surface area contributed by atoms with Gasteiger partial charge in [0, 0.05) is 32.6 Å². The van der Waals surface area contributed by atoms with E-state index in [-0.39, 0.29) is 11.9 Å². The first kappa shape index (κ1) is 15.5. The van der Waals surface area contributed by atoms with Crippen molar-refractivity contribution >= 4 is 6.03 Å². The second kappa shape index (κ2) is 6.81. The lowest BCUT2D eigenvalue weighted by atomic mass is 9.97. The third kappa shape index (κ3) is 3.52. The number of urea groups is 1. The van der Waals surface area contributed by atoms with Gasteiger partial charge in [-0.05, 0) is 30.9 Å². The first-order valence-corrected chi connectivity index (χ1v) is 8.06. The molecule has 3 rings (SSSR count). The molecule has 6 nitrogen and oxygen atoms in total. The largest absolute Gasteiger partial charge is 0.334 e. The Kier molecular flexibility index (Phi) is 4.60. The van der Waals surface area contributed by atoms with Crippen LogP contribution in [0.3, 0.4) is 0 Å². The van der Waals surface area contributed by atoms with Crippen LogP contribution in [0.1, 0.15) is 35.7 Å². The molecule has 6 heteroatoms. The number of likely N-dealkylation sites (tertiary alicyclic amines) is 1. The summed E-state index contributed by atoms with van der Waals surface area (Å²) in [5, 5.41) is 11.2. The number of carbonyl (C=O) groups excluding carboxylic acids is 1. The Balaban J connectivity index is 1.59. The van der Waals surface area contributed by atoms with Crippen molar-refractivity contribution in [1.29, 1.82) is 0 Å². The van der Waals surface area contributed by atoms with Crippen LogP contribution in [-0.4, -0.2) is 38.8 Å². The Morgan fingerprint density at radius 1 is 1.39 bits per heavy atom. The molecule has 1 aromatic heterocycles. The van der Waals surface area contributed by atoms with Crippen LogP contribution < -0.4 is 5.32 Å². The van der Waals surface area contributed by atoms with Gasteiger partial charge in [0.15, 0.2) is 0 Å². The van der Waals surface area contributed by atoms with Gasteiger partial charge in [0.1, 0.15) is 12.2 Å². The zero-order valence-corrected chi connectivity index (χ0v) is 13.7. The highest BCUT2D eigenvalue weighted by Gasteiger charge is 2.27. The summed E-state index contributed by atoms with van der Waals surface area (Å²) in [6.07, 6.45) is 3.76. The number of hydrogen-bond donors (Lipinski definition) is 1. The zero-order chi connectivity index (χ0) is 16.2. The average molecular weight is 313 g/mol. The summed E-state index contributed by atoms with van der Waals surface area (Å²) < 4.78 is 1.94. The Hall–Kier alpha value is -2.37. The van der Waals surface area contributed by atoms with E-state index in [0.717, 1.165) is 30.8 Å². The van der Waals surface area contributed by atoms with Crippen LogP contribution in [0.25, 0.3) is 0 Å². The molecule has 1 aliphatic heterocycles. The molecular weight excluding hydrogens is 290 g/mol. The highest BCUT2D eigenvalue weighted by molar-refractivity contribution is 5.74. The number of amides is 2. The van der Waals surface area contributed by atoms with Gasteiger partial charge in [-0.15, -0.1) is 10.2 Å². The fourth-order valence-corrected chi connectivity index (χ4v) is 3.13. The fraction of sp³-hybridized carbons (Fsp3) is 0.471. The van der Waals surface area contributed by atoms with E-state index in [4.69, 9.17) is 0 Å². The minimum atomic E-state index is 0.000112. The minimum absolute atomic E-state index is 0.000112. The van der Waals surface area contributed by atoms with Crippen LogP contribution >= 0.6 is 0 Å². The smallest absolute Gasteiger partial charge is 0.317 e. The monoisotopic (exact) mass is 313 g/mol. The molecule has 1 N–H and O–H groups in total. The van der Waals surface area contributed by atoms with E-state index < -0.39 is 0 Å². The van der Waals surface area contributed by atoms with Crippen molar-refractivity contribution in [2.75, 3.05) is 13.1 Å². The summed E-state index contributed by atoms with van der Waals surface area (Å²) in [6.45, 7) is 4.13. The van der Waals surface area contributed by atoms with E-state index in [0.29, 0.717) is 13.1 Å². The molecule has 1 fully saturated rings. The van der Waals surface area contributed by atoms with Gasteiger partial charge < -0.3 is 14.8 Å². The van der Waals surface area contributed by atoms with Crippen molar-refractivity contribution in [3.05, 3.63) is 47.5 Å². The molecular formula is C17H23N5O. The lowest BCUT2D eigenvalue weighted by Gasteiger charge is -2.32. The van der Waals surface area contributed by atoms with E-state index in [2.05, 4.69) is 28.5 Å². The Bertz CT molecular complexity index is 681. The highest BCUT2D eigenvalue weighted by Crippen LogP contribution is 2.25. The van der Waals surface area contributed by atoms with E-state index >= 15 is 0 Å². The molecule has 0 spiro atoms. The van der Waals surface area contributed by atoms with E-state index in [1.54, 1.807) is 6.33 Å². The second-order valence-electron chi connectivity index (χ2n) is 6.17. The molecule has 0 bridgehead atoms. The summed E-state index contributed by atoms with van der Waals surface area (Å²) in [5.74, 6) is 1.22. The second-order valence-corrected chi connectivity index (χ2v) is 6.17. The molecule has 2 amide bonds. The number of rotatable bonds is 3. The topological polar surface area (TPSA) is 63.1 Å². The van der Waals surface area contributed by atoms with Gasteiger partial charge in [-0.1, -0.05) is 24.3 Å². The zero-order valence-electron chi connectivity index (χ0n) is 13.7. The summed E-state index contributed by atoms with van der Waals surface area (Å²) in [5.41, 5.74) is 2.35. The summed E-state index contributed by atoms with van der Waals surface area (Å²) in [6, 6.07) is 8.12. The van der Waals surface area contributed by atoms with Gasteiger partial charge in [0.05, 0.1) is 0 Å². The van der Waals surface area contributed by atoms with Crippen LogP contribution in [0.4, 0.5) is 4.79 Å². The van der Waals surface area contributed by atoms with E-state index in [9.17, 15) is 4.79 Å². The predicted octanol–water partition coefficient (Wildman–Crippen LogP) is 2.21. The first-order valence-electron chi connectivity index (χ1n) is 8.06. The number of piperidine rings is 1. The van der Waals surface area contributed by atoms with Gasteiger partial charge in [-0.3, -0.25) is 0 Å². The molecule has 0 unspecified atom stereocenters. The van der Waals surface area contributed by atoms with E-state index in [1.165, 1.54) is 5.56 Å². The van der Waals surface area contributed by atoms with Crippen LogP contribution in [0.15, 0.2) is 30.6 Å². The number of benzene rings is 1. The third-order valence-corrected chi connectivity index (χ3v) is 4.51. The molecule has 0 saturated carbocycles. The molecule has 0 aliphatic carbocycles. The number of nitrogens with one attached hydrogen (secondary N) is 1. The van der Waals surface area contributed by atoms with Crippen molar-refractivity contribution in [1.82, 2.24) is 25.0 Å². The maximum Gasteiger partial charge on any atom is 0.317 e. The Morgan fingerprint density at radius 3 is 2.96 bits per heavy atom. The number of hydrogen-bond acceptors (Lipinski definition) is 3. The lowest BCUT2D eigenvalue weighted by Crippen LogP contribution is -2.45. The Labute approximate surface area is 136 Å². The van der Waals surface area contributed by atoms with Gasteiger partial charge in [-0.25, -0.2) is 4.79 Å². The molecule has 1 aliphatic rings. The molecule has 2 aromatic rings. The number of carbonyl (C=O) groups is 1. The van der Waals surface area contributed by atoms with Crippen LogP contribution in [0.5, 0.6) is 0 Å². The predicted molar refractivity (Wildman–Crippen MR) is 88.0 cm³/mol. The standard InChI is InChI=1S/C17H23N5O/c1-13-6-3-4-7-14(13)10-18-17(23)22-9-5-8-15(11-22)16-20-19-12-21(16)2/h3-4,6-7,12,15H,5,8-11H2,1-2H3,(H,18,23)/t15-/m1/s1. The minimum Gasteiger partial charge on any atom is -0.334 e. The van der Waals surface area contributed by atoms with Gasteiger partial charge in [0.25, 0.3) is 0 Å². The van der Waals surface area contributed by atoms with Crippen molar-refractivity contribution in [3.63, 3.8) is 0 Å². The maximum atomic E-state index is 12.5. The van der Waals surface area contributed by atoms with Crippen molar-refractivity contribution in [3.8, 4) is 0 Å². The molecule has 23 heavy (non-hydrogen) atoms. The van der Waals surface area contributed by atoms with Crippen molar-refractivity contribution < 1.29 is 4.79 Å². The number of aryl methyl sites for hydroxylation is 2. The highest BCUT2D eigenvalue weighted by atomic mass is 16.2. The maximum absolute atomic E-state index is 12.5. The van der Waals surface area contributed by atoms with Crippen molar-refractivity contribution in [2.45, 2.75) is 32.2 Å². The SMILES string of the molecule is Cc1ccccc1CNC(=O)N1CCC[C@@H](c2nncn2C)C1. The quantitative estimate of drug-likeness (QED) is 0.945. The summed E-state index contributed by atoms with van der Waals surface area (Å²) >= 11 is 0. The van der Waals surface area contributed by atoms with E-state index in [1.807, 2.05) is 34.7 Å². The molecule has 1 aromatic carbocycles. The Morgan fingerprint density at radius 2 is 2.22 bits per heavy atom. The van der Waals surface area contributed by atoms with Crippen LogP contribution in [0, 0.1) is 6.92 Å². The van der Waals surface area contributed by atoms with Gasteiger partial charge in [-0.2, -0.15) is 0 Å². The normalized spacial score (nSPS) is 18.0. The third-order valence-electron chi connectivity index (χ3n) is 4.51. The van der Waals surface area contributed by atoms with Crippen molar-refractivity contribution in [2.24, 2.45) is 7.05 Å². The van der Waals surface area contributed by atoms with Gasteiger partial charge >= 0.3 is 6.03 Å². The summed E-state index contributed by atoms with van der Waals surface area (Å²) in [4.78, 5) is 14.3. The molecule has 1 saturated heterocycles. The fourth-order valence-electron chi connectivity index (χ4n) is 3.13. The van der Waals surface area contributed by atoms with Gasteiger partial charge in [0.2, 0.25) is 0 Å². The molecule has 2 heterocycles. The summed E-state index contributed by atoms with van der Waals surface area (Å²) in [7, 11) is 1.95.